The monoisotopic (exact) mass is 436 g/mol. The lowest BCUT2D eigenvalue weighted by Gasteiger charge is -2.43. The summed E-state index contributed by atoms with van der Waals surface area (Å²) in [6.45, 7) is 8.62. The van der Waals surface area contributed by atoms with Crippen LogP contribution in [0.4, 0.5) is 0 Å². The Morgan fingerprint density at radius 1 is 1.26 bits per heavy atom. The highest BCUT2D eigenvalue weighted by Crippen LogP contribution is 2.45. The molecule has 2 fully saturated rings. The topological polar surface area (TPSA) is 65.5 Å². The molecular formula is C17H33IN4O. The molecule has 0 unspecified atom stereocenters. The van der Waals surface area contributed by atoms with Gasteiger partial charge in [0.1, 0.15) is 6.54 Å². The largest absolute Gasteiger partial charge is 0.357 e. The molecule has 3 N–H and O–H groups in total. The quantitative estimate of drug-likeness (QED) is 0.312. The molecule has 2 saturated carbocycles. The molecule has 0 atom stereocenters. The van der Waals surface area contributed by atoms with Crippen LogP contribution in [0.2, 0.25) is 0 Å². The molecule has 0 spiro atoms. The summed E-state index contributed by atoms with van der Waals surface area (Å²) in [6.07, 6.45) is 7.45. The van der Waals surface area contributed by atoms with Crippen molar-refractivity contribution < 1.29 is 4.79 Å². The van der Waals surface area contributed by atoms with Gasteiger partial charge in [-0.1, -0.05) is 20.3 Å². The fourth-order valence-corrected chi connectivity index (χ4v) is 3.26. The van der Waals surface area contributed by atoms with Crippen molar-refractivity contribution in [2.24, 2.45) is 16.3 Å². The number of guanidine groups is 1. The summed E-state index contributed by atoms with van der Waals surface area (Å²) in [6, 6.07) is 0.405. The Morgan fingerprint density at radius 2 is 1.96 bits per heavy atom. The molecule has 0 aromatic heterocycles. The van der Waals surface area contributed by atoms with Crippen LogP contribution in [0, 0.1) is 11.3 Å². The second kappa shape index (κ2) is 9.69. The third-order valence-electron chi connectivity index (χ3n) is 4.55. The van der Waals surface area contributed by atoms with E-state index in [-0.39, 0.29) is 36.4 Å². The molecule has 6 heteroatoms. The normalized spacial score (nSPS) is 19.6. The number of halogens is 1. The average Bonchev–Trinajstić information content (AvgIpc) is 3.22. The fourth-order valence-electron chi connectivity index (χ4n) is 3.26. The summed E-state index contributed by atoms with van der Waals surface area (Å²) >= 11 is 0. The van der Waals surface area contributed by atoms with Crippen LogP contribution >= 0.6 is 24.0 Å². The molecule has 2 rings (SSSR count). The summed E-state index contributed by atoms with van der Waals surface area (Å²) in [5.41, 5.74) is 0.431. The van der Waals surface area contributed by atoms with E-state index < -0.39 is 0 Å². The summed E-state index contributed by atoms with van der Waals surface area (Å²) < 4.78 is 0. The third-order valence-corrected chi connectivity index (χ3v) is 4.55. The minimum absolute atomic E-state index is 0. The number of carbonyl (C=O) groups excluding carboxylic acids is 1. The molecule has 0 bridgehead atoms. The van der Waals surface area contributed by atoms with Gasteiger partial charge in [0.15, 0.2) is 5.96 Å². The molecule has 0 aromatic rings. The molecular weight excluding hydrogens is 403 g/mol. The highest BCUT2D eigenvalue weighted by atomic mass is 127. The smallest absolute Gasteiger partial charge is 0.242 e. The van der Waals surface area contributed by atoms with Crippen LogP contribution in [-0.2, 0) is 4.79 Å². The van der Waals surface area contributed by atoms with Crippen LogP contribution in [0.25, 0.3) is 0 Å². The van der Waals surface area contributed by atoms with Crippen molar-refractivity contribution in [3.8, 4) is 0 Å². The molecule has 0 heterocycles. The Labute approximate surface area is 157 Å². The van der Waals surface area contributed by atoms with Gasteiger partial charge >= 0.3 is 0 Å². The molecule has 5 nitrogen and oxygen atoms in total. The molecule has 2 aliphatic carbocycles. The van der Waals surface area contributed by atoms with Gasteiger partial charge in [-0.15, -0.1) is 24.0 Å². The van der Waals surface area contributed by atoms with E-state index in [4.69, 9.17) is 0 Å². The van der Waals surface area contributed by atoms with Gasteiger partial charge in [0.25, 0.3) is 0 Å². The van der Waals surface area contributed by atoms with E-state index in [2.05, 4.69) is 41.7 Å². The van der Waals surface area contributed by atoms with E-state index in [0.717, 1.165) is 37.8 Å². The fraction of sp³-hybridized carbons (Fsp3) is 0.882. The first kappa shape index (κ1) is 20.5. The number of hydrogen-bond donors (Lipinski definition) is 3. The van der Waals surface area contributed by atoms with Crippen LogP contribution in [-0.4, -0.2) is 37.5 Å². The summed E-state index contributed by atoms with van der Waals surface area (Å²) in [4.78, 5) is 16.2. The van der Waals surface area contributed by atoms with E-state index in [0.29, 0.717) is 11.5 Å². The molecule has 2 aliphatic rings. The molecule has 134 valence electrons. The van der Waals surface area contributed by atoms with E-state index in [1.807, 2.05) is 0 Å². The van der Waals surface area contributed by atoms with Crippen molar-refractivity contribution in [2.45, 2.75) is 65.3 Å². The molecule has 0 aliphatic heterocycles. The van der Waals surface area contributed by atoms with Gasteiger partial charge < -0.3 is 16.0 Å². The highest BCUT2D eigenvalue weighted by Gasteiger charge is 2.37. The zero-order valence-electron chi connectivity index (χ0n) is 14.8. The number of rotatable bonds is 8. The Hall–Kier alpha value is -0.530. The van der Waals surface area contributed by atoms with Crippen molar-refractivity contribution >= 4 is 35.8 Å². The van der Waals surface area contributed by atoms with Gasteiger partial charge in [-0.25, -0.2) is 4.99 Å². The van der Waals surface area contributed by atoms with Crippen molar-refractivity contribution in [3.05, 3.63) is 0 Å². The van der Waals surface area contributed by atoms with E-state index in [1.165, 1.54) is 25.7 Å². The van der Waals surface area contributed by atoms with Gasteiger partial charge in [-0.3, -0.25) is 4.79 Å². The minimum atomic E-state index is 0. The summed E-state index contributed by atoms with van der Waals surface area (Å²) in [7, 11) is 0. The Bertz CT molecular complexity index is 403. The maximum absolute atomic E-state index is 11.7. The maximum atomic E-state index is 11.7. The van der Waals surface area contributed by atoms with Crippen LogP contribution in [0.1, 0.15) is 59.3 Å². The van der Waals surface area contributed by atoms with Gasteiger partial charge in [-0.05, 0) is 50.4 Å². The van der Waals surface area contributed by atoms with Gasteiger partial charge in [0.05, 0.1) is 0 Å². The highest BCUT2D eigenvalue weighted by molar-refractivity contribution is 14.0. The second-order valence-electron chi connectivity index (χ2n) is 7.34. The van der Waals surface area contributed by atoms with Gasteiger partial charge in [-0.2, -0.15) is 0 Å². The predicted molar refractivity (Wildman–Crippen MR) is 106 cm³/mol. The van der Waals surface area contributed by atoms with Crippen LogP contribution in [0.15, 0.2) is 4.99 Å². The lowest BCUT2D eigenvalue weighted by molar-refractivity contribution is -0.119. The maximum Gasteiger partial charge on any atom is 0.242 e. The van der Waals surface area contributed by atoms with Crippen molar-refractivity contribution in [1.82, 2.24) is 16.0 Å². The molecule has 0 aromatic carbocycles. The van der Waals surface area contributed by atoms with Gasteiger partial charge in [0.2, 0.25) is 5.91 Å². The lowest BCUT2D eigenvalue weighted by atomic mass is 9.64. The SMILES string of the molecule is CCNC(=NCC(=O)NC1CC1)NCC1(CC(C)C)CCC1.I. The van der Waals surface area contributed by atoms with Crippen LogP contribution in [0.3, 0.4) is 0 Å². The first-order valence-electron chi connectivity index (χ1n) is 8.84. The number of carbonyl (C=O) groups is 1. The first-order chi connectivity index (χ1) is 10.5. The Morgan fingerprint density at radius 3 is 2.43 bits per heavy atom. The minimum Gasteiger partial charge on any atom is -0.357 e. The molecule has 0 radical (unpaired) electrons. The molecule has 0 saturated heterocycles. The van der Waals surface area contributed by atoms with E-state index in [9.17, 15) is 4.79 Å². The average molecular weight is 436 g/mol. The standard InChI is InChI=1S/C17H32N4O.HI/c1-4-18-16(19-11-15(22)21-14-6-7-14)20-12-17(8-5-9-17)10-13(2)3;/h13-14H,4-12H2,1-3H3,(H,21,22)(H2,18,19,20);1H. The summed E-state index contributed by atoms with van der Waals surface area (Å²) in [5, 5.41) is 9.66. The molecule has 1 amide bonds. The van der Waals surface area contributed by atoms with Crippen LogP contribution < -0.4 is 16.0 Å². The number of aliphatic imine (C=N–C) groups is 1. The lowest BCUT2D eigenvalue weighted by Crippen LogP contribution is -2.47. The predicted octanol–water partition coefficient (Wildman–Crippen LogP) is 2.65. The molecule has 23 heavy (non-hydrogen) atoms. The van der Waals surface area contributed by atoms with Gasteiger partial charge in [0, 0.05) is 19.1 Å². The third kappa shape index (κ3) is 7.27. The second-order valence-corrected chi connectivity index (χ2v) is 7.34. The van der Waals surface area contributed by atoms with Crippen molar-refractivity contribution in [1.29, 1.82) is 0 Å². The van der Waals surface area contributed by atoms with E-state index >= 15 is 0 Å². The number of amides is 1. The number of nitrogens with one attached hydrogen (secondary N) is 3. The van der Waals surface area contributed by atoms with E-state index in [1.54, 1.807) is 0 Å². The van der Waals surface area contributed by atoms with Crippen LogP contribution in [0.5, 0.6) is 0 Å². The zero-order valence-corrected chi connectivity index (χ0v) is 17.1. The summed E-state index contributed by atoms with van der Waals surface area (Å²) in [5.74, 6) is 1.52. The van der Waals surface area contributed by atoms with Crippen molar-refractivity contribution in [2.75, 3.05) is 19.6 Å². The number of nitrogens with zero attached hydrogens (tertiary/aromatic N) is 1. The number of hydrogen-bond acceptors (Lipinski definition) is 2. The first-order valence-corrected chi connectivity index (χ1v) is 8.84. The Balaban J connectivity index is 0.00000264. The Kier molecular flexibility index (Phi) is 8.64. The van der Waals surface area contributed by atoms with Crippen molar-refractivity contribution in [3.63, 3.8) is 0 Å². The zero-order chi connectivity index (χ0) is 16.0.